The number of hydrazone groups is 1. The zero-order valence-electron chi connectivity index (χ0n) is 8.16. The number of alkyl halides is 3. The number of hydrogen-bond acceptors (Lipinski definition) is 3. The minimum absolute atomic E-state index is 0.193. The predicted molar refractivity (Wildman–Crippen MR) is 56.8 cm³/mol. The monoisotopic (exact) mass is 253 g/mol. The van der Waals surface area contributed by atoms with Crippen molar-refractivity contribution < 1.29 is 18.3 Å². The van der Waals surface area contributed by atoms with Crippen LogP contribution in [0.15, 0.2) is 17.8 Å². The lowest BCUT2D eigenvalue weighted by atomic mass is 10.1. The highest BCUT2D eigenvalue weighted by Crippen LogP contribution is 2.38. The molecule has 0 amide bonds. The maximum Gasteiger partial charge on any atom is 0.438 e. The summed E-state index contributed by atoms with van der Waals surface area (Å²) in [5.74, 6) is 0. The van der Waals surface area contributed by atoms with Crippen LogP contribution in [0.25, 0.3) is 0 Å². The van der Waals surface area contributed by atoms with Gasteiger partial charge in [-0.2, -0.15) is 23.3 Å². The molecule has 0 radical (unpaired) electrons. The molecule has 1 aliphatic heterocycles. The van der Waals surface area contributed by atoms with Crippen molar-refractivity contribution in [1.82, 2.24) is 10.3 Å². The van der Waals surface area contributed by atoms with E-state index in [1.54, 1.807) is 0 Å². The Labute approximate surface area is 95.4 Å². The number of nitrogens with zero attached hydrogens (tertiary/aromatic N) is 2. The molecule has 4 nitrogen and oxygen atoms in total. The molecule has 0 aromatic heterocycles. The van der Waals surface area contributed by atoms with Gasteiger partial charge in [0, 0.05) is 19.2 Å². The summed E-state index contributed by atoms with van der Waals surface area (Å²) in [4.78, 5) is 0. The van der Waals surface area contributed by atoms with E-state index in [9.17, 15) is 18.3 Å². The molecule has 8 heteroatoms. The van der Waals surface area contributed by atoms with E-state index in [-0.39, 0.29) is 11.7 Å². The highest BCUT2D eigenvalue weighted by Gasteiger charge is 2.60. The van der Waals surface area contributed by atoms with Gasteiger partial charge in [0.15, 0.2) is 5.11 Å². The van der Waals surface area contributed by atoms with Crippen LogP contribution in [0.5, 0.6) is 0 Å². The van der Waals surface area contributed by atoms with E-state index < -0.39 is 18.3 Å². The van der Waals surface area contributed by atoms with E-state index >= 15 is 0 Å². The quantitative estimate of drug-likeness (QED) is 0.569. The Morgan fingerprint density at radius 1 is 1.75 bits per heavy atom. The predicted octanol–water partition coefficient (Wildman–Crippen LogP) is 0.989. The molecule has 90 valence electrons. The summed E-state index contributed by atoms with van der Waals surface area (Å²) >= 11 is 4.69. The minimum Gasteiger partial charge on any atom is -0.362 e. The van der Waals surface area contributed by atoms with Crippen LogP contribution in [-0.4, -0.2) is 39.9 Å². The van der Waals surface area contributed by atoms with Crippen LogP contribution in [0.3, 0.4) is 0 Å². The third-order valence-corrected chi connectivity index (χ3v) is 2.28. The van der Waals surface area contributed by atoms with Crippen molar-refractivity contribution in [3.8, 4) is 0 Å². The van der Waals surface area contributed by atoms with E-state index in [1.165, 1.54) is 6.08 Å². The number of nitrogens with one attached hydrogen (secondary N) is 1. The summed E-state index contributed by atoms with van der Waals surface area (Å²) in [6.07, 6.45) is -3.08. The molecule has 0 aliphatic carbocycles. The Hall–Kier alpha value is -1.15. The third-order valence-electron chi connectivity index (χ3n) is 1.97. The topological polar surface area (TPSA) is 47.9 Å². The second-order valence-corrected chi connectivity index (χ2v) is 3.49. The van der Waals surface area contributed by atoms with Crippen LogP contribution in [0.4, 0.5) is 13.2 Å². The second-order valence-electron chi connectivity index (χ2n) is 3.10. The van der Waals surface area contributed by atoms with Gasteiger partial charge < -0.3 is 10.4 Å². The zero-order valence-corrected chi connectivity index (χ0v) is 8.98. The Morgan fingerprint density at radius 2 is 2.38 bits per heavy atom. The van der Waals surface area contributed by atoms with Crippen molar-refractivity contribution in [2.24, 2.45) is 5.10 Å². The van der Waals surface area contributed by atoms with Crippen LogP contribution in [-0.2, 0) is 0 Å². The number of thiocarbonyl (C=S) groups is 1. The van der Waals surface area contributed by atoms with Gasteiger partial charge in [-0.05, 0) is 12.2 Å². The number of aliphatic hydroxyl groups is 1. The van der Waals surface area contributed by atoms with Gasteiger partial charge in [-0.3, -0.25) is 0 Å². The summed E-state index contributed by atoms with van der Waals surface area (Å²) in [5, 5.41) is 15.4. The number of rotatable bonds is 2. The van der Waals surface area contributed by atoms with Gasteiger partial charge in [0.2, 0.25) is 0 Å². The lowest BCUT2D eigenvalue weighted by molar-refractivity contribution is -0.294. The summed E-state index contributed by atoms with van der Waals surface area (Å²) in [6.45, 7) is 3.57. The number of hydrogen-bond donors (Lipinski definition) is 2. The van der Waals surface area contributed by atoms with Crippen molar-refractivity contribution >= 4 is 23.5 Å². The van der Waals surface area contributed by atoms with E-state index in [1.807, 2.05) is 0 Å². The van der Waals surface area contributed by atoms with Gasteiger partial charge in [-0.1, -0.05) is 6.08 Å². The van der Waals surface area contributed by atoms with Crippen LogP contribution >= 0.6 is 12.2 Å². The van der Waals surface area contributed by atoms with E-state index in [2.05, 4.69) is 17.0 Å². The Bertz CT molecular complexity index is 331. The van der Waals surface area contributed by atoms with Crippen molar-refractivity contribution in [3.05, 3.63) is 12.7 Å². The standard InChI is InChI=1S/C8H10F3N3OS/c1-2-4-12-6(16)14-7(15,3-5-13-14)8(9,10)11/h2,5,15H,1,3-4H2,(H,12,16). The van der Waals surface area contributed by atoms with Crippen molar-refractivity contribution in [2.75, 3.05) is 6.54 Å². The highest BCUT2D eigenvalue weighted by atomic mass is 32.1. The lowest BCUT2D eigenvalue weighted by Crippen LogP contribution is -2.58. The van der Waals surface area contributed by atoms with Crippen LogP contribution in [0, 0.1) is 0 Å². The first kappa shape index (κ1) is 12.9. The van der Waals surface area contributed by atoms with Crippen molar-refractivity contribution in [1.29, 1.82) is 0 Å². The van der Waals surface area contributed by atoms with Gasteiger partial charge in [-0.15, -0.1) is 6.58 Å². The Kier molecular flexibility index (Phi) is 3.54. The summed E-state index contributed by atoms with van der Waals surface area (Å²) in [7, 11) is 0. The van der Waals surface area contributed by atoms with Gasteiger partial charge >= 0.3 is 6.18 Å². The van der Waals surface area contributed by atoms with Crippen LogP contribution < -0.4 is 5.32 Å². The van der Waals surface area contributed by atoms with E-state index in [4.69, 9.17) is 12.2 Å². The summed E-state index contributed by atoms with van der Waals surface area (Å²) in [5.41, 5.74) is -3.06. The molecule has 0 saturated heterocycles. The zero-order chi connectivity index (χ0) is 12.4. The minimum atomic E-state index is -4.83. The lowest BCUT2D eigenvalue weighted by Gasteiger charge is -2.33. The molecule has 0 aromatic rings. The molecule has 2 N–H and O–H groups in total. The molecule has 16 heavy (non-hydrogen) atoms. The van der Waals surface area contributed by atoms with Crippen molar-refractivity contribution in [3.63, 3.8) is 0 Å². The molecule has 1 aliphatic rings. The third kappa shape index (κ3) is 2.17. The first-order valence-electron chi connectivity index (χ1n) is 4.33. The molecular formula is C8H10F3N3OS. The molecule has 0 aromatic carbocycles. The van der Waals surface area contributed by atoms with Gasteiger partial charge in [0.1, 0.15) is 0 Å². The first-order valence-corrected chi connectivity index (χ1v) is 4.74. The molecule has 0 fully saturated rings. The first-order chi connectivity index (χ1) is 7.33. The Morgan fingerprint density at radius 3 is 2.88 bits per heavy atom. The molecule has 0 spiro atoms. The molecule has 1 atom stereocenters. The van der Waals surface area contributed by atoms with Crippen LogP contribution in [0.1, 0.15) is 6.42 Å². The highest BCUT2D eigenvalue weighted by molar-refractivity contribution is 7.80. The summed E-state index contributed by atoms with van der Waals surface area (Å²) < 4.78 is 37.8. The maximum absolute atomic E-state index is 12.6. The fourth-order valence-electron chi connectivity index (χ4n) is 1.12. The van der Waals surface area contributed by atoms with Crippen molar-refractivity contribution in [2.45, 2.75) is 18.3 Å². The molecule has 1 heterocycles. The molecule has 0 bridgehead atoms. The van der Waals surface area contributed by atoms with Gasteiger partial charge in [-0.25, -0.2) is 0 Å². The smallest absolute Gasteiger partial charge is 0.362 e. The largest absolute Gasteiger partial charge is 0.438 e. The van der Waals surface area contributed by atoms with Gasteiger partial charge in [0.25, 0.3) is 5.72 Å². The average Bonchev–Trinajstić information content (AvgIpc) is 2.57. The fraction of sp³-hybridized carbons (Fsp3) is 0.500. The van der Waals surface area contributed by atoms with E-state index in [0.717, 1.165) is 6.21 Å². The van der Waals surface area contributed by atoms with Gasteiger partial charge in [0.05, 0.1) is 0 Å². The second kappa shape index (κ2) is 4.38. The average molecular weight is 253 g/mol. The number of halogens is 3. The maximum atomic E-state index is 12.6. The molecule has 0 saturated carbocycles. The SMILES string of the molecule is C=CCNC(=S)N1N=CCC1(O)C(F)(F)F. The molecular weight excluding hydrogens is 243 g/mol. The Balaban J connectivity index is 2.83. The fourth-order valence-corrected chi connectivity index (χ4v) is 1.40. The van der Waals surface area contributed by atoms with Crippen LogP contribution in [0.2, 0.25) is 0 Å². The van der Waals surface area contributed by atoms with E-state index in [0.29, 0.717) is 5.01 Å². The summed E-state index contributed by atoms with van der Waals surface area (Å²) in [6, 6.07) is 0. The molecule has 1 rings (SSSR count). The normalized spacial score (nSPS) is 24.6. The molecule has 1 unspecified atom stereocenters.